The first-order valence-corrected chi connectivity index (χ1v) is 7.30. The molecular formula is C14H19Cl2NO3. The summed E-state index contributed by atoms with van der Waals surface area (Å²) in [5.74, 6) is 0.708. The molecule has 112 valence electrons. The first-order chi connectivity index (χ1) is 9.65. The van der Waals surface area contributed by atoms with Crippen LogP contribution >= 0.6 is 23.2 Å². The van der Waals surface area contributed by atoms with Gasteiger partial charge in [-0.3, -0.25) is 0 Å². The first-order valence-electron chi connectivity index (χ1n) is 6.55. The zero-order chi connectivity index (χ0) is 14.5. The predicted octanol–water partition coefficient (Wildman–Crippen LogP) is 2.76. The highest BCUT2D eigenvalue weighted by atomic mass is 35.5. The number of hydrogen-bond donors (Lipinski definition) is 1. The van der Waals surface area contributed by atoms with Gasteiger partial charge in [-0.05, 0) is 19.2 Å². The minimum Gasteiger partial charge on any atom is -0.488 e. The number of nitrogens with one attached hydrogen (secondary N) is 1. The Morgan fingerprint density at radius 3 is 2.70 bits per heavy atom. The number of methoxy groups -OCH3 is 1. The highest BCUT2D eigenvalue weighted by molar-refractivity contribution is 6.42. The van der Waals surface area contributed by atoms with Gasteiger partial charge in [0, 0.05) is 25.6 Å². The molecule has 4 nitrogen and oxygen atoms in total. The molecule has 0 heterocycles. The zero-order valence-electron chi connectivity index (χ0n) is 11.6. The van der Waals surface area contributed by atoms with E-state index in [1.54, 1.807) is 19.2 Å². The van der Waals surface area contributed by atoms with Gasteiger partial charge in [0.2, 0.25) is 0 Å². The van der Waals surface area contributed by atoms with Gasteiger partial charge in [-0.15, -0.1) is 0 Å². The van der Waals surface area contributed by atoms with Gasteiger partial charge in [0.1, 0.15) is 18.0 Å². The van der Waals surface area contributed by atoms with E-state index in [0.717, 1.165) is 6.42 Å². The maximum Gasteiger partial charge on any atom is 0.128 e. The van der Waals surface area contributed by atoms with Crippen LogP contribution in [-0.2, 0) is 9.47 Å². The van der Waals surface area contributed by atoms with E-state index in [0.29, 0.717) is 35.1 Å². The van der Waals surface area contributed by atoms with Crippen molar-refractivity contribution in [3.8, 4) is 5.75 Å². The van der Waals surface area contributed by atoms with Crippen LogP contribution in [-0.4, -0.2) is 45.6 Å². The normalized spacial score (nSPS) is 25.3. The van der Waals surface area contributed by atoms with E-state index in [2.05, 4.69) is 5.32 Å². The SMILES string of the molecule is CNC1CC(Oc2ccc(Cl)c(Cl)c2)C1OCCOC. The Kier molecular flexibility index (Phi) is 5.93. The highest BCUT2D eigenvalue weighted by Crippen LogP contribution is 2.32. The van der Waals surface area contributed by atoms with Gasteiger partial charge < -0.3 is 19.5 Å². The summed E-state index contributed by atoms with van der Waals surface area (Å²) in [5, 5.41) is 4.23. The molecule has 0 radical (unpaired) electrons. The fourth-order valence-corrected chi connectivity index (χ4v) is 2.48. The van der Waals surface area contributed by atoms with E-state index in [-0.39, 0.29) is 12.2 Å². The van der Waals surface area contributed by atoms with Crippen LogP contribution in [0.3, 0.4) is 0 Å². The lowest BCUT2D eigenvalue weighted by Gasteiger charge is -2.43. The van der Waals surface area contributed by atoms with Crippen LogP contribution in [0.4, 0.5) is 0 Å². The van der Waals surface area contributed by atoms with Crippen LogP contribution < -0.4 is 10.1 Å². The van der Waals surface area contributed by atoms with Gasteiger partial charge in [0.25, 0.3) is 0 Å². The minimum absolute atomic E-state index is 0.0153. The van der Waals surface area contributed by atoms with Crippen molar-refractivity contribution in [2.75, 3.05) is 27.4 Å². The van der Waals surface area contributed by atoms with Gasteiger partial charge in [0.05, 0.1) is 23.3 Å². The van der Waals surface area contributed by atoms with E-state index in [4.69, 9.17) is 37.4 Å². The average Bonchev–Trinajstić information content (AvgIpc) is 2.43. The lowest BCUT2D eigenvalue weighted by Crippen LogP contribution is -2.60. The predicted molar refractivity (Wildman–Crippen MR) is 80.0 cm³/mol. The molecule has 1 aliphatic carbocycles. The van der Waals surface area contributed by atoms with E-state index < -0.39 is 0 Å². The number of likely N-dealkylation sites (N-methyl/N-ethyl adjacent to an activating group) is 1. The standard InChI is InChI=1S/C14H19Cl2NO3/c1-17-12-8-13(14(12)19-6-5-18-2)20-9-3-4-10(15)11(16)7-9/h3-4,7,12-14,17H,5-6,8H2,1-2H3. The second-order valence-corrected chi connectivity index (χ2v) is 5.51. The van der Waals surface area contributed by atoms with Crippen LogP contribution in [0.25, 0.3) is 0 Å². The molecule has 1 aliphatic rings. The Morgan fingerprint density at radius 1 is 1.25 bits per heavy atom. The molecule has 6 heteroatoms. The molecule has 0 spiro atoms. The average molecular weight is 320 g/mol. The lowest BCUT2D eigenvalue weighted by atomic mass is 9.85. The summed E-state index contributed by atoms with van der Waals surface area (Å²) in [6, 6.07) is 5.57. The molecule has 0 aromatic heterocycles. The summed E-state index contributed by atoms with van der Waals surface area (Å²) in [7, 11) is 3.58. The fourth-order valence-electron chi connectivity index (χ4n) is 2.20. The summed E-state index contributed by atoms with van der Waals surface area (Å²) in [4.78, 5) is 0. The van der Waals surface area contributed by atoms with Crippen LogP contribution in [0.2, 0.25) is 10.0 Å². The summed E-state index contributed by atoms with van der Waals surface area (Å²) >= 11 is 11.9. The van der Waals surface area contributed by atoms with E-state index >= 15 is 0 Å². The quantitative estimate of drug-likeness (QED) is 0.784. The summed E-state index contributed by atoms with van der Waals surface area (Å²) < 4.78 is 16.7. The van der Waals surface area contributed by atoms with Crippen molar-refractivity contribution in [2.45, 2.75) is 24.7 Å². The van der Waals surface area contributed by atoms with Crippen LogP contribution in [0, 0.1) is 0 Å². The largest absolute Gasteiger partial charge is 0.488 e. The molecule has 0 aliphatic heterocycles. The molecule has 1 N–H and O–H groups in total. The minimum atomic E-state index is 0.0153. The third-order valence-electron chi connectivity index (χ3n) is 3.40. The molecule has 2 rings (SSSR count). The van der Waals surface area contributed by atoms with Crippen LogP contribution in [0.5, 0.6) is 5.75 Å². The van der Waals surface area contributed by atoms with E-state index in [9.17, 15) is 0 Å². The highest BCUT2D eigenvalue weighted by Gasteiger charge is 2.43. The zero-order valence-corrected chi connectivity index (χ0v) is 13.1. The van der Waals surface area contributed by atoms with Crippen LogP contribution in [0.15, 0.2) is 18.2 Å². The number of hydrogen-bond acceptors (Lipinski definition) is 4. The molecule has 0 saturated heterocycles. The summed E-state index contributed by atoms with van der Waals surface area (Å²) in [6.07, 6.45) is 0.931. The fraction of sp³-hybridized carbons (Fsp3) is 0.571. The lowest BCUT2D eigenvalue weighted by molar-refractivity contribution is -0.114. The maximum atomic E-state index is 5.98. The number of benzene rings is 1. The number of ether oxygens (including phenoxy) is 3. The van der Waals surface area contributed by atoms with Crippen molar-refractivity contribution >= 4 is 23.2 Å². The Labute approximate surface area is 129 Å². The molecule has 0 amide bonds. The topological polar surface area (TPSA) is 39.7 Å². The van der Waals surface area contributed by atoms with Gasteiger partial charge in [-0.1, -0.05) is 23.2 Å². The molecular weight excluding hydrogens is 301 g/mol. The Morgan fingerprint density at radius 2 is 2.05 bits per heavy atom. The number of rotatable bonds is 7. The van der Waals surface area contributed by atoms with Crippen molar-refractivity contribution in [2.24, 2.45) is 0 Å². The van der Waals surface area contributed by atoms with Crippen molar-refractivity contribution in [3.05, 3.63) is 28.2 Å². The molecule has 3 unspecified atom stereocenters. The van der Waals surface area contributed by atoms with E-state index in [1.165, 1.54) is 0 Å². The van der Waals surface area contributed by atoms with E-state index in [1.807, 2.05) is 13.1 Å². The Hall–Kier alpha value is -0.520. The molecule has 1 fully saturated rings. The summed E-state index contributed by atoms with van der Waals surface area (Å²) in [6.45, 7) is 1.13. The van der Waals surface area contributed by atoms with Gasteiger partial charge in [-0.2, -0.15) is 0 Å². The van der Waals surface area contributed by atoms with Gasteiger partial charge in [-0.25, -0.2) is 0 Å². The molecule has 0 bridgehead atoms. The second kappa shape index (κ2) is 7.48. The maximum absolute atomic E-state index is 5.98. The smallest absolute Gasteiger partial charge is 0.128 e. The monoisotopic (exact) mass is 319 g/mol. The first kappa shape index (κ1) is 15.9. The van der Waals surface area contributed by atoms with Gasteiger partial charge in [0.15, 0.2) is 0 Å². The second-order valence-electron chi connectivity index (χ2n) is 4.69. The van der Waals surface area contributed by atoms with Crippen molar-refractivity contribution in [1.82, 2.24) is 5.32 Å². The third-order valence-corrected chi connectivity index (χ3v) is 4.14. The third kappa shape index (κ3) is 3.77. The van der Waals surface area contributed by atoms with Crippen molar-refractivity contribution in [1.29, 1.82) is 0 Å². The number of halogens is 2. The molecule has 1 saturated carbocycles. The molecule has 20 heavy (non-hydrogen) atoms. The Balaban J connectivity index is 1.92. The van der Waals surface area contributed by atoms with Crippen LogP contribution in [0.1, 0.15) is 6.42 Å². The van der Waals surface area contributed by atoms with Gasteiger partial charge >= 0.3 is 0 Å². The summed E-state index contributed by atoms with van der Waals surface area (Å²) in [5.41, 5.74) is 0. The van der Waals surface area contributed by atoms with Crippen molar-refractivity contribution in [3.63, 3.8) is 0 Å². The molecule has 1 aromatic rings. The Bertz CT molecular complexity index is 444. The molecule has 3 atom stereocenters. The van der Waals surface area contributed by atoms with Crippen molar-refractivity contribution < 1.29 is 14.2 Å². The molecule has 1 aromatic carbocycles.